The summed E-state index contributed by atoms with van der Waals surface area (Å²) in [5.41, 5.74) is 3.94. The highest BCUT2D eigenvalue weighted by Crippen LogP contribution is 2.28. The number of fused-ring (bicyclic) bond motifs is 1. The van der Waals surface area contributed by atoms with Gasteiger partial charge in [-0.2, -0.15) is 0 Å². The summed E-state index contributed by atoms with van der Waals surface area (Å²) in [5, 5.41) is 9.42. The third kappa shape index (κ3) is 5.22. The van der Waals surface area contributed by atoms with Crippen molar-refractivity contribution in [3.8, 4) is 0 Å². The van der Waals surface area contributed by atoms with Gasteiger partial charge in [0.1, 0.15) is 0 Å². The molecule has 1 heterocycles. The number of nitrogens with zero attached hydrogens (tertiary/aromatic N) is 1. The van der Waals surface area contributed by atoms with Crippen molar-refractivity contribution in [2.24, 2.45) is 0 Å². The van der Waals surface area contributed by atoms with E-state index in [4.69, 9.17) is 11.6 Å². The van der Waals surface area contributed by atoms with Crippen LogP contribution >= 0.6 is 11.6 Å². The van der Waals surface area contributed by atoms with Crippen LogP contribution in [0.25, 0.3) is 10.9 Å². The van der Waals surface area contributed by atoms with Crippen LogP contribution in [-0.4, -0.2) is 22.7 Å². The van der Waals surface area contributed by atoms with Crippen molar-refractivity contribution in [3.05, 3.63) is 94.6 Å². The zero-order chi connectivity index (χ0) is 24.2. The molecule has 3 aromatic carbocycles. The zero-order valence-electron chi connectivity index (χ0n) is 18.5. The quantitative estimate of drug-likeness (QED) is 0.297. The van der Waals surface area contributed by atoms with Crippen LogP contribution in [-0.2, 0) is 0 Å². The fraction of sp³-hybridized carbons (Fsp3) is 0.0769. The molecule has 0 saturated carbocycles. The topological polar surface area (TPSA) is 100 Å². The first-order chi connectivity index (χ1) is 16.3. The van der Waals surface area contributed by atoms with Crippen LogP contribution in [0.4, 0.5) is 21.9 Å². The van der Waals surface area contributed by atoms with Gasteiger partial charge in [0.05, 0.1) is 21.8 Å². The number of hydrogen-bond donors (Lipinski definition) is 3. The number of carbonyl (C=O) groups is 3. The largest absolute Gasteiger partial charge is 0.323 e. The molecule has 3 N–H and O–H groups in total. The number of carbonyl (C=O) groups excluding carboxylic acids is 3. The smallest absolute Gasteiger partial charge is 0.321 e. The molecule has 0 spiro atoms. The number of aryl methyl sites for hydroxylation is 1. The standard InChI is InChI=1S/C26H21ClN4O3/c1-15-13-24(31-25(33)20-5-3-4-6-22(20)27)21-14-19(11-12-23(21)28-15)30-26(34)29-18-9-7-17(8-10-18)16(2)32/h3-14H,1-2H3,(H,28,31,33)(H2,29,30,34). The number of nitrogens with one attached hydrogen (secondary N) is 3. The summed E-state index contributed by atoms with van der Waals surface area (Å²) in [4.78, 5) is 41.2. The van der Waals surface area contributed by atoms with Crippen molar-refractivity contribution in [2.75, 3.05) is 16.0 Å². The fourth-order valence-electron chi connectivity index (χ4n) is 3.46. The van der Waals surface area contributed by atoms with Crippen molar-refractivity contribution < 1.29 is 14.4 Å². The van der Waals surface area contributed by atoms with Gasteiger partial charge in [0, 0.05) is 28.0 Å². The van der Waals surface area contributed by atoms with Crippen molar-refractivity contribution in [1.82, 2.24) is 4.98 Å². The molecule has 0 aliphatic carbocycles. The summed E-state index contributed by atoms with van der Waals surface area (Å²) >= 11 is 6.16. The van der Waals surface area contributed by atoms with Gasteiger partial charge in [-0.3, -0.25) is 14.6 Å². The molecule has 4 rings (SSSR count). The molecule has 0 bridgehead atoms. The fourth-order valence-corrected chi connectivity index (χ4v) is 3.68. The zero-order valence-corrected chi connectivity index (χ0v) is 19.2. The molecule has 0 fully saturated rings. The van der Waals surface area contributed by atoms with Crippen molar-refractivity contribution in [2.45, 2.75) is 13.8 Å². The number of halogens is 1. The summed E-state index contributed by atoms with van der Waals surface area (Å²) < 4.78 is 0. The highest BCUT2D eigenvalue weighted by molar-refractivity contribution is 6.34. The molecule has 0 saturated heterocycles. The van der Waals surface area contributed by atoms with Crippen LogP contribution in [0.1, 0.15) is 33.3 Å². The molecule has 3 amide bonds. The second-order valence-corrected chi connectivity index (χ2v) is 8.10. The molecular weight excluding hydrogens is 452 g/mol. The molecule has 7 nitrogen and oxygen atoms in total. The van der Waals surface area contributed by atoms with E-state index in [0.717, 1.165) is 5.69 Å². The number of amides is 3. The Bertz CT molecular complexity index is 1420. The predicted octanol–water partition coefficient (Wildman–Crippen LogP) is 6.30. The predicted molar refractivity (Wildman–Crippen MR) is 135 cm³/mol. The van der Waals surface area contributed by atoms with E-state index in [0.29, 0.717) is 44.1 Å². The second-order valence-electron chi connectivity index (χ2n) is 7.69. The van der Waals surface area contributed by atoms with Gasteiger partial charge >= 0.3 is 6.03 Å². The van der Waals surface area contributed by atoms with Gasteiger partial charge in [-0.25, -0.2) is 4.79 Å². The normalized spacial score (nSPS) is 10.6. The maximum Gasteiger partial charge on any atom is 0.323 e. The number of hydrogen-bond acceptors (Lipinski definition) is 4. The minimum Gasteiger partial charge on any atom is -0.321 e. The van der Waals surface area contributed by atoms with Crippen LogP contribution < -0.4 is 16.0 Å². The number of Topliss-reactive ketones (excluding diaryl/α,β-unsaturated/α-hetero) is 1. The highest BCUT2D eigenvalue weighted by Gasteiger charge is 2.14. The van der Waals surface area contributed by atoms with Gasteiger partial charge in [0.25, 0.3) is 5.91 Å². The lowest BCUT2D eigenvalue weighted by molar-refractivity contribution is 0.101. The molecule has 0 unspecified atom stereocenters. The minimum absolute atomic E-state index is 0.0477. The number of ketones is 1. The Hall–Kier alpha value is -4.23. The number of urea groups is 1. The molecule has 34 heavy (non-hydrogen) atoms. The van der Waals surface area contributed by atoms with Crippen molar-refractivity contribution >= 4 is 57.3 Å². The van der Waals surface area contributed by atoms with Gasteiger partial charge in [-0.05, 0) is 74.5 Å². The molecule has 8 heteroatoms. The number of benzene rings is 3. The van der Waals surface area contributed by atoms with Crippen LogP contribution in [0.15, 0.2) is 72.8 Å². The lowest BCUT2D eigenvalue weighted by Gasteiger charge is -2.13. The van der Waals surface area contributed by atoms with Gasteiger partial charge < -0.3 is 16.0 Å². The Morgan fingerprint density at radius 3 is 2.21 bits per heavy atom. The Balaban J connectivity index is 1.56. The van der Waals surface area contributed by atoms with E-state index in [2.05, 4.69) is 20.9 Å². The van der Waals surface area contributed by atoms with E-state index in [9.17, 15) is 14.4 Å². The Morgan fingerprint density at radius 1 is 0.824 bits per heavy atom. The number of anilines is 3. The van der Waals surface area contributed by atoms with Crippen LogP contribution in [0.3, 0.4) is 0 Å². The molecule has 0 aliphatic rings. The van der Waals surface area contributed by atoms with E-state index in [1.807, 2.05) is 6.92 Å². The van der Waals surface area contributed by atoms with E-state index >= 15 is 0 Å². The molecule has 1 aromatic heterocycles. The Kier molecular flexibility index (Phi) is 6.56. The summed E-state index contributed by atoms with van der Waals surface area (Å²) in [5.74, 6) is -0.393. The average molecular weight is 473 g/mol. The summed E-state index contributed by atoms with van der Waals surface area (Å²) in [6.07, 6.45) is 0. The maximum atomic E-state index is 12.8. The van der Waals surface area contributed by atoms with Crippen molar-refractivity contribution in [3.63, 3.8) is 0 Å². The molecule has 0 atom stereocenters. The second kappa shape index (κ2) is 9.72. The summed E-state index contributed by atoms with van der Waals surface area (Å²) in [6, 6.07) is 20.0. The molecule has 170 valence electrons. The average Bonchev–Trinajstić information content (AvgIpc) is 2.80. The molecule has 0 radical (unpaired) electrons. The number of pyridine rings is 1. The lowest BCUT2D eigenvalue weighted by Crippen LogP contribution is -2.19. The van der Waals surface area contributed by atoms with Crippen LogP contribution in [0.2, 0.25) is 5.02 Å². The summed E-state index contributed by atoms with van der Waals surface area (Å²) in [6.45, 7) is 3.32. The maximum absolute atomic E-state index is 12.8. The van der Waals surface area contributed by atoms with E-state index in [1.165, 1.54) is 6.92 Å². The van der Waals surface area contributed by atoms with Gasteiger partial charge in [-0.1, -0.05) is 23.7 Å². The van der Waals surface area contributed by atoms with Gasteiger partial charge in [0.2, 0.25) is 0 Å². The molecule has 4 aromatic rings. The van der Waals surface area contributed by atoms with Gasteiger partial charge in [-0.15, -0.1) is 0 Å². The van der Waals surface area contributed by atoms with Gasteiger partial charge in [0.15, 0.2) is 5.78 Å². The number of aromatic nitrogens is 1. The molecular formula is C26H21ClN4O3. The first kappa shape index (κ1) is 22.9. The Labute approximate surface area is 201 Å². The van der Waals surface area contributed by atoms with Crippen molar-refractivity contribution in [1.29, 1.82) is 0 Å². The first-order valence-corrected chi connectivity index (χ1v) is 10.8. The van der Waals surface area contributed by atoms with Crippen LogP contribution in [0.5, 0.6) is 0 Å². The number of rotatable bonds is 5. The highest BCUT2D eigenvalue weighted by atomic mass is 35.5. The SMILES string of the molecule is CC(=O)c1ccc(NC(=O)Nc2ccc3nc(C)cc(NC(=O)c4ccccc4Cl)c3c2)cc1. The molecule has 0 aliphatic heterocycles. The summed E-state index contributed by atoms with van der Waals surface area (Å²) in [7, 11) is 0. The lowest BCUT2D eigenvalue weighted by atomic mass is 10.1. The first-order valence-electron chi connectivity index (χ1n) is 10.5. The van der Waals surface area contributed by atoms with E-state index < -0.39 is 6.03 Å². The monoisotopic (exact) mass is 472 g/mol. The third-order valence-corrected chi connectivity index (χ3v) is 5.44. The van der Waals surface area contributed by atoms with E-state index in [1.54, 1.807) is 72.8 Å². The minimum atomic E-state index is -0.448. The Morgan fingerprint density at radius 2 is 1.50 bits per heavy atom. The van der Waals surface area contributed by atoms with E-state index in [-0.39, 0.29) is 11.7 Å². The van der Waals surface area contributed by atoms with Crippen LogP contribution in [0, 0.1) is 6.92 Å². The third-order valence-electron chi connectivity index (χ3n) is 5.11.